The standard InChI is InChI=1S/C19H16F3N3O4/c1-28-13-5-3-11(17(8-13)29-2)9-24-18-14-7-12(19(20,21)22)4-6-15(14)23-10-16(18)25(26)27/h3-8,10H,9H2,1-2H3,(H,23,24). The van der Waals surface area contributed by atoms with E-state index in [9.17, 15) is 23.3 Å². The van der Waals surface area contributed by atoms with Gasteiger partial charge in [0.25, 0.3) is 0 Å². The van der Waals surface area contributed by atoms with Gasteiger partial charge in [-0.2, -0.15) is 13.2 Å². The average Bonchev–Trinajstić information content (AvgIpc) is 2.70. The molecule has 3 rings (SSSR count). The van der Waals surface area contributed by atoms with Crippen molar-refractivity contribution in [1.29, 1.82) is 0 Å². The first-order valence-electron chi connectivity index (χ1n) is 8.33. The Bertz CT molecular complexity index is 1070. The monoisotopic (exact) mass is 407 g/mol. The van der Waals surface area contributed by atoms with Crippen LogP contribution in [0.1, 0.15) is 11.1 Å². The lowest BCUT2D eigenvalue weighted by Gasteiger charge is -2.14. The molecule has 0 spiro atoms. The molecule has 1 N–H and O–H groups in total. The Balaban J connectivity index is 2.07. The SMILES string of the molecule is COc1ccc(CNc2c([N+](=O)[O-])cnc3ccc(C(F)(F)F)cc23)c(OC)c1. The van der Waals surface area contributed by atoms with E-state index >= 15 is 0 Å². The van der Waals surface area contributed by atoms with E-state index in [-0.39, 0.29) is 23.1 Å². The molecule has 0 radical (unpaired) electrons. The van der Waals surface area contributed by atoms with Crippen LogP contribution in [0.3, 0.4) is 0 Å². The summed E-state index contributed by atoms with van der Waals surface area (Å²) in [6.45, 7) is 0.0728. The summed E-state index contributed by atoms with van der Waals surface area (Å²) < 4.78 is 49.8. The molecule has 0 aliphatic heterocycles. The maximum absolute atomic E-state index is 13.1. The van der Waals surface area contributed by atoms with Crippen molar-refractivity contribution in [1.82, 2.24) is 4.98 Å². The van der Waals surface area contributed by atoms with Crippen LogP contribution in [-0.4, -0.2) is 24.1 Å². The smallest absolute Gasteiger partial charge is 0.416 e. The number of methoxy groups -OCH3 is 2. The fraction of sp³-hybridized carbons (Fsp3) is 0.211. The predicted molar refractivity (Wildman–Crippen MR) is 100 cm³/mol. The van der Waals surface area contributed by atoms with E-state index in [1.807, 2.05) is 0 Å². The maximum atomic E-state index is 13.1. The van der Waals surface area contributed by atoms with Crippen LogP contribution in [0.2, 0.25) is 0 Å². The number of pyridine rings is 1. The number of fused-ring (bicyclic) bond motifs is 1. The van der Waals surface area contributed by atoms with E-state index in [1.165, 1.54) is 20.3 Å². The molecule has 0 fully saturated rings. The molecule has 0 aliphatic carbocycles. The summed E-state index contributed by atoms with van der Waals surface area (Å²) in [7, 11) is 2.95. The highest BCUT2D eigenvalue weighted by molar-refractivity contribution is 5.96. The number of anilines is 1. The lowest BCUT2D eigenvalue weighted by molar-refractivity contribution is -0.384. The van der Waals surface area contributed by atoms with Crippen LogP contribution >= 0.6 is 0 Å². The third kappa shape index (κ3) is 4.15. The molecule has 152 valence electrons. The molecule has 0 saturated heterocycles. The molecule has 1 heterocycles. The highest BCUT2D eigenvalue weighted by Gasteiger charge is 2.31. The van der Waals surface area contributed by atoms with E-state index in [4.69, 9.17) is 9.47 Å². The zero-order valence-corrected chi connectivity index (χ0v) is 15.4. The van der Waals surface area contributed by atoms with Gasteiger partial charge in [0, 0.05) is 23.6 Å². The number of benzene rings is 2. The first-order valence-corrected chi connectivity index (χ1v) is 8.33. The topological polar surface area (TPSA) is 86.5 Å². The molecular formula is C19H16F3N3O4. The second-order valence-corrected chi connectivity index (χ2v) is 6.04. The normalized spacial score (nSPS) is 11.3. The van der Waals surface area contributed by atoms with Crippen LogP contribution in [0, 0.1) is 10.1 Å². The predicted octanol–water partition coefficient (Wildman–Crippen LogP) is 4.79. The molecule has 29 heavy (non-hydrogen) atoms. The van der Waals surface area contributed by atoms with Gasteiger partial charge < -0.3 is 14.8 Å². The maximum Gasteiger partial charge on any atom is 0.416 e. The van der Waals surface area contributed by atoms with Gasteiger partial charge in [-0.3, -0.25) is 10.1 Å². The van der Waals surface area contributed by atoms with Crippen molar-refractivity contribution in [2.75, 3.05) is 19.5 Å². The molecule has 0 atom stereocenters. The number of hydrogen-bond acceptors (Lipinski definition) is 6. The van der Waals surface area contributed by atoms with Crippen molar-refractivity contribution in [3.8, 4) is 11.5 Å². The molecule has 3 aromatic rings. The summed E-state index contributed by atoms with van der Waals surface area (Å²) in [5, 5.41) is 14.3. The number of nitro groups is 1. The Hall–Kier alpha value is -3.56. The van der Waals surface area contributed by atoms with Crippen molar-refractivity contribution in [3.63, 3.8) is 0 Å². The quantitative estimate of drug-likeness (QED) is 0.467. The van der Waals surface area contributed by atoms with Gasteiger partial charge in [0.2, 0.25) is 0 Å². The number of nitrogens with zero attached hydrogens (tertiary/aromatic N) is 2. The summed E-state index contributed by atoms with van der Waals surface area (Å²) in [6, 6.07) is 7.93. The van der Waals surface area contributed by atoms with Gasteiger partial charge in [0.1, 0.15) is 23.4 Å². The van der Waals surface area contributed by atoms with E-state index in [0.29, 0.717) is 17.1 Å². The van der Waals surface area contributed by atoms with Gasteiger partial charge in [-0.15, -0.1) is 0 Å². The van der Waals surface area contributed by atoms with Crippen LogP contribution in [-0.2, 0) is 12.7 Å². The largest absolute Gasteiger partial charge is 0.497 e. The van der Waals surface area contributed by atoms with E-state index in [1.54, 1.807) is 18.2 Å². The van der Waals surface area contributed by atoms with Crippen LogP contribution < -0.4 is 14.8 Å². The van der Waals surface area contributed by atoms with Crippen molar-refractivity contribution >= 4 is 22.3 Å². The minimum atomic E-state index is -4.59. The van der Waals surface area contributed by atoms with Gasteiger partial charge in [-0.25, -0.2) is 4.98 Å². The number of nitrogens with one attached hydrogen (secondary N) is 1. The molecule has 0 unspecified atom stereocenters. The molecule has 1 aromatic heterocycles. The Morgan fingerprint density at radius 2 is 1.90 bits per heavy atom. The second-order valence-electron chi connectivity index (χ2n) is 6.04. The van der Waals surface area contributed by atoms with E-state index in [0.717, 1.165) is 18.3 Å². The minimum absolute atomic E-state index is 0.00139. The van der Waals surface area contributed by atoms with Gasteiger partial charge in [0.15, 0.2) is 0 Å². The van der Waals surface area contributed by atoms with Crippen LogP contribution in [0.4, 0.5) is 24.5 Å². The Morgan fingerprint density at radius 3 is 2.52 bits per heavy atom. The first kappa shape index (κ1) is 20.2. The fourth-order valence-corrected chi connectivity index (χ4v) is 2.86. The summed E-state index contributed by atoms with van der Waals surface area (Å²) in [6.07, 6.45) is -3.57. The Labute approximate surface area is 163 Å². The van der Waals surface area contributed by atoms with Crippen LogP contribution in [0.15, 0.2) is 42.6 Å². The van der Waals surface area contributed by atoms with Crippen molar-refractivity contribution < 1.29 is 27.6 Å². The van der Waals surface area contributed by atoms with E-state index in [2.05, 4.69) is 10.3 Å². The highest BCUT2D eigenvalue weighted by atomic mass is 19.4. The second kappa shape index (κ2) is 7.82. The zero-order chi connectivity index (χ0) is 21.2. The number of ether oxygens (including phenoxy) is 2. The van der Waals surface area contributed by atoms with Crippen LogP contribution in [0.5, 0.6) is 11.5 Å². The first-order chi connectivity index (χ1) is 13.7. The third-order valence-electron chi connectivity index (χ3n) is 4.32. The number of aromatic nitrogens is 1. The molecule has 0 amide bonds. The van der Waals surface area contributed by atoms with Gasteiger partial charge in [0.05, 0.1) is 30.2 Å². The van der Waals surface area contributed by atoms with Gasteiger partial charge in [-0.05, 0) is 30.3 Å². The highest BCUT2D eigenvalue weighted by Crippen LogP contribution is 2.37. The Morgan fingerprint density at radius 1 is 1.14 bits per heavy atom. The van der Waals surface area contributed by atoms with E-state index < -0.39 is 22.4 Å². The third-order valence-corrected chi connectivity index (χ3v) is 4.32. The molecule has 2 aromatic carbocycles. The lowest BCUT2D eigenvalue weighted by atomic mass is 10.1. The molecule has 0 aliphatic rings. The van der Waals surface area contributed by atoms with Gasteiger partial charge in [-0.1, -0.05) is 0 Å². The average molecular weight is 407 g/mol. The summed E-state index contributed by atoms with van der Waals surface area (Å²) in [4.78, 5) is 14.6. The number of rotatable bonds is 6. The molecule has 0 bridgehead atoms. The minimum Gasteiger partial charge on any atom is -0.497 e. The summed E-state index contributed by atoms with van der Waals surface area (Å²) in [5.41, 5.74) is -0.557. The Kier molecular flexibility index (Phi) is 5.44. The molecule has 0 saturated carbocycles. The van der Waals surface area contributed by atoms with Crippen molar-refractivity contribution in [2.45, 2.75) is 12.7 Å². The molecule has 10 heteroatoms. The van der Waals surface area contributed by atoms with Crippen LogP contribution in [0.25, 0.3) is 10.9 Å². The summed E-state index contributed by atoms with van der Waals surface area (Å²) in [5.74, 6) is 1.02. The van der Waals surface area contributed by atoms with Crippen molar-refractivity contribution in [2.24, 2.45) is 0 Å². The fourth-order valence-electron chi connectivity index (χ4n) is 2.86. The van der Waals surface area contributed by atoms with Crippen molar-refractivity contribution in [3.05, 3.63) is 63.8 Å². The number of halogens is 3. The number of hydrogen-bond donors (Lipinski definition) is 1. The molecular weight excluding hydrogens is 391 g/mol. The number of alkyl halides is 3. The summed E-state index contributed by atoms with van der Waals surface area (Å²) >= 11 is 0. The molecule has 7 nitrogen and oxygen atoms in total. The van der Waals surface area contributed by atoms with Gasteiger partial charge >= 0.3 is 11.9 Å². The zero-order valence-electron chi connectivity index (χ0n) is 15.4. The lowest BCUT2D eigenvalue weighted by Crippen LogP contribution is -2.08.